The Morgan fingerprint density at radius 3 is 2.33 bits per heavy atom. The summed E-state index contributed by atoms with van der Waals surface area (Å²) >= 11 is 0. The summed E-state index contributed by atoms with van der Waals surface area (Å²) in [6, 6.07) is 14.9. The van der Waals surface area contributed by atoms with E-state index < -0.39 is 12.2 Å². The lowest BCUT2D eigenvalue weighted by atomic mass is 10.1. The summed E-state index contributed by atoms with van der Waals surface area (Å²) in [7, 11) is 0. The van der Waals surface area contributed by atoms with Gasteiger partial charge >= 0.3 is 0 Å². The van der Waals surface area contributed by atoms with Crippen LogP contribution in [0.4, 0.5) is 5.69 Å². The van der Waals surface area contributed by atoms with Crippen LogP contribution in [0.1, 0.15) is 25.3 Å². The first-order valence-electron chi connectivity index (χ1n) is 9.20. The number of carbonyl (C=O) groups excluding carboxylic acids is 2. The number of nitrogens with one attached hydrogen (secondary N) is 2. The van der Waals surface area contributed by atoms with Gasteiger partial charge < -0.3 is 20.1 Å². The van der Waals surface area contributed by atoms with Crippen LogP contribution in [0.25, 0.3) is 0 Å². The molecule has 2 aliphatic rings. The molecule has 2 aromatic rings. The van der Waals surface area contributed by atoms with Crippen molar-refractivity contribution in [2.75, 3.05) is 5.32 Å². The average Bonchev–Trinajstić information content (AvgIpc) is 3.46. The predicted octanol–water partition coefficient (Wildman–Crippen LogP) is 2.67. The number of anilines is 1. The Morgan fingerprint density at radius 2 is 1.67 bits per heavy atom. The summed E-state index contributed by atoms with van der Waals surface area (Å²) < 4.78 is 11.6. The first-order valence-corrected chi connectivity index (χ1v) is 9.20. The van der Waals surface area contributed by atoms with Gasteiger partial charge in [-0.05, 0) is 49.6 Å². The molecule has 140 valence electrons. The minimum absolute atomic E-state index is 0.0366. The normalized spacial score (nSPS) is 20.6. The highest BCUT2D eigenvalue weighted by atomic mass is 16.6. The van der Waals surface area contributed by atoms with Crippen LogP contribution in [0.5, 0.6) is 11.5 Å². The van der Waals surface area contributed by atoms with Gasteiger partial charge in [0.15, 0.2) is 11.5 Å². The number of rotatable bonds is 5. The minimum atomic E-state index is -0.733. The number of hydrogen-bond acceptors (Lipinski definition) is 4. The Hall–Kier alpha value is -3.02. The molecule has 2 atom stereocenters. The van der Waals surface area contributed by atoms with E-state index in [0.29, 0.717) is 29.6 Å². The average molecular weight is 366 g/mol. The number of amides is 2. The molecule has 1 saturated carbocycles. The van der Waals surface area contributed by atoms with E-state index in [2.05, 4.69) is 10.6 Å². The highest BCUT2D eigenvalue weighted by Crippen LogP contribution is 2.33. The Morgan fingerprint density at radius 1 is 1.00 bits per heavy atom. The van der Waals surface area contributed by atoms with Gasteiger partial charge in [0.1, 0.15) is 6.10 Å². The van der Waals surface area contributed by atoms with E-state index in [9.17, 15) is 9.59 Å². The molecular formula is C21H22N2O4. The molecule has 2 aromatic carbocycles. The highest BCUT2D eigenvalue weighted by molar-refractivity contribution is 5.95. The van der Waals surface area contributed by atoms with Gasteiger partial charge in [-0.1, -0.05) is 24.3 Å². The molecule has 0 saturated heterocycles. The first kappa shape index (κ1) is 17.4. The summed E-state index contributed by atoms with van der Waals surface area (Å²) in [5, 5.41) is 5.82. The predicted molar refractivity (Wildman–Crippen MR) is 101 cm³/mol. The zero-order chi connectivity index (χ0) is 18.8. The van der Waals surface area contributed by atoms with Gasteiger partial charge in [0, 0.05) is 11.7 Å². The van der Waals surface area contributed by atoms with Crippen molar-refractivity contribution in [2.24, 2.45) is 0 Å². The largest absolute Gasteiger partial charge is 0.482 e. The smallest absolute Gasteiger partial charge is 0.269 e. The molecule has 27 heavy (non-hydrogen) atoms. The Balaban J connectivity index is 1.35. The molecule has 4 rings (SSSR count). The molecule has 1 aliphatic carbocycles. The fourth-order valence-corrected chi connectivity index (χ4v) is 3.02. The first-order chi connectivity index (χ1) is 13.1. The molecule has 2 N–H and O–H groups in total. The summed E-state index contributed by atoms with van der Waals surface area (Å²) in [5.41, 5.74) is 1.56. The summed E-state index contributed by atoms with van der Waals surface area (Å²) in [5.74, 6) is 0.974. The Bertz CT molecular complexity index is 846. The maximum absolute atomic E-state index is 12.6. The van der Waals surface area contributed by atoms with Crippen molar-refractivity contribution in [3.8, 4) is 11.5 Å². The van der Waals surface area contributed by atoms with Crippen molar-refractivity contribution in [3.05, 3.63) is 54.1 Å². The molecule has 1 fully saturated rings. The summed E-state index contributed by atoms with van der Waals surface area (Å²) in [6.07, 6.45) is 1.37. The van der Waals surface area contributed by atoms with Gasteiger partial charge in [0.05, 0.1) is 6.42 Å². The number of fused-ring (bicyclic) bond motifs is 1. The lowest BCUT2D eigenvalue weighted by Gasteiger charge is -2.31. The summed E-state index contributed by atoms with van der Waals surface area (Å²) in [6.45, 7) is 1.81. The number of ether oxygens (including phenoxy) is 2. The fourth-order valence-electron chi connectivity index (χ4n) is 3.02. The number of carbonyl (C=O) groups is 2. The van der Waals surface area contributed by atoms with E-state index in [-0.39, 0.29) is 11.8 Å². The van der Waals surface area contributed by atoms with Crippen LogP contribution in [0, 0.1) is 0 Å². The molecular weight excluding hydrogens is 344 g/mol. The molecule has 6 nitrogen and oxygen atoms in total. The van der Waals surface area contributed by atoms with Crippen LogP contribution >= 0.6 is 0 Å². The highest BCUT2D eigenvalue weighted by Gasteiger charge is 2.34. The molecule has 0 spiro atoms. The molecule has 0 unspecified atom stereocenters. The van der Waals surface area contributed by atoms with Crippen molar-refractivity contribution in [1.29, 1.82) is 0 Å². The third-order valence-corrected chi connectivity index (χ3v) is 4.63. The van der Waals surface area contributed by atoms with Crippen LogP contribution in [0.3, 0.4) is 0 Å². The molecule has 1 aliphatic heterocycles. The van der Waals surface area contributed by atoms with Crippen molar-refractivity contribution >= 4 is 17.5 Å². The Labute approximate surface area is 157 Å². The number of benzene rings is 2. The van der Waals surface area contributed by atoms with E-state index in [1.165, 1.54) is 0 Å². The van der Waals surface area contributed by atoms with Crippen molar-refractivity contribution in [3.63, 3.8) is 0 Å². The summed E-state index contributed by atoms with van der Waals surface area (Å²) in [4.78, 5) is 24.5. The molecule has 2 amide bonds. The molecule has 1 heterocycles. The number of para-hydroxylation sites is 2. The van der Waals surface area contributed by atoms with Crippen LogP contribution in [0.15, 0.2) is 48.5 Å². The van der Waals surface area contributed by atoms with Crippen LogP contribution in [0.2, 0.25) is 0 Å². The van der Waals surface area contributed by atoms with Crippen LogP contribution in [-0.4, -0.2) is 30.1 Å². The van der Waals surface area contributed by atoms with E-state index in [1.54, 1.807) is 18.2 Å². The zero-order valence-corrected chi connectivity index (χ0v) is 15.1. The zero-order valence-electron chi connectivity index (χ0n) is 15.1. The standard InChI is InChI=1S/C21H22N2O4/c1-13-20(27-18-5-3-2-4-17(18)26-13)21(25)23-16-8-6-14(7-9-16)12-19(24)22-15-10-11-15/h2-9,13,15,20H,10-12H2,1H3,(H,22,24)(H,23,25)/t13-,20-/m1/s1. The van der Waals surface area contributed by atoms with E-state index in [1.807, 2.05) is 37.3 Å². The maximum Gasteiger partial charge on any atom is 0.269 e. The Kier molecular flexibility index (Phi) is 4.71. The van der Waals surface area contributed by atoms with Gasteiger partial charge in [0.2, 0.25) is 12.0 Å². The van der Waals surface area contributed by atoms with Gasteiger partial charge in [-0.25, -0.2) is 0 Å². The second-order valence-electron chi connectivity index (χ2n) is 7.01. The van der Waals surface area contributed by atoms with Crippen LogP contribution < -0.4 is 20.1 Å². The fraction of sp³-hybridized carbons (Fsp3) is 0.333. The lowest BCUT2D eigenvalue weighted by molar-refractivity contribution is -0.128. The van der Waals surface area contributed by atoms with E-state index >= 15 is 0 Å². The van der Waals surface area contributed by atoms with Gasteiger partial charge in [-0.3, -0.25) is 9.59 Å². The van der Waals surface area contributed by atoms with Crippen molar-refractivity contribution < 1.29 is 19.1 Å². The van der Waals surface area contributed by atoms with Gasteiger partial charge in [-0.15, -0.1) is 0 Å². The third kappa shape index (κ3) is 4.22. The minimum Gasteiger partial charge on any atom is -0.482 e. The second kappa shape index (κ2) is 7.31. The molecule has 0 aromatic heterocycles. The maximum atomic E-state index is 12.6. The topological polar surface area (TPSA) is 76.7 Å². The van der Waals surface area contributed by atoms with E-state index in [4.69, 9.17) is 9.47 Å². The molecule has 0 radical (unpaired) electrons. The third-order valence-electron chi connectivity index (χ3n) is 4.63. The van der Waals surface area contributed by atoms with Gasteiger partial charge in [-0.2, -0.15) is 0 Å². The van der Waals surface area contributed by atoms with E-state index in [0.717, 1.165) is 18.4 Å². The SMILES string of the molecule is C[C@H]1Oc2ccccc2O[C@H]1C(=O)Nc1ccc(CC(=O)NC2CC2)cc1. The quantitative estimate of drug-likeness (QED) is 0.853. The number of hydrogen-bond donors (Lipinski definition) is 2. The van der Waals surface area contributed by atoms with Crippen molar-refractivity contribution in [1.82, 2.24) is 5.32 Å². The molecule has 0 bridgehead atoms. The van der Waals surface area contributed by atoms with Crippen molar-refractivity contribution in [2.45, 2.75) is 44.4 Å². The molecule has 6 heteroatoms. The lowest BCUT2D eigenvalue weighted by Crippen LogP contribution is -2.46. The second-order valence-corrected chi connectivity index (χ2v) is 7.01. The monoisotopic (exact) mass is 366 g/mol. The van der Waals surface area contributed by atoms with Gasteiger partial charge in [0.25, 0.3) is 5.91 Å². The van der Waals surface area contributed by atoms with Crippen LogP contribution in [-0.2, 0) is 16.0 Å².